The minimum Gasteiger partial charge on any atom is -0.489 e. The maximum atomic E-state index is 13.4. The number of nitrogens with zero attached hydrogens (tertiary/aromatic N) is 1. The summed E-state index contributed by atoms with van der Waals surface area (Å²) >= 11 is 0. The molecule has 0 aliphatic rings. The molecule has 0 aliphatic carbocycles. The summed E-state index contributed by atoms with van der Waals surface area (Å²) < 4.78 is 71.2. The van der Waals surface area contributed by atoms with Crippen molar-refractivity contribution in [1.82, 2.24) is 4.98 Å². The standard InChI is InChI=1S/C27H22F3N3O4S/c1-38(31,35)23-9-5-8-20(15-23)33-25(34)24-14-19(27(28,29)30)16-32-26(24)37-22-12-10-21(11-13-22)36-17-18-6-3-2-4-7-18/h2-16,31H,17H2,1H3,(H,33,34). The molecule has 1 amide bonds. The third-order valence-electron chi connectivity index (χ3n) is 5.25. The molecule has 4 aromatic rings. The molecule has 0 bridgehead atoms. The molecule has 0 spiro atoms. The fourth-order valence-electron chi connectivity index (χ4n) is 3.32. The van der Waals surface area contributed by atoms with Crippen molar-refractivity contribution >= 4 is 21.3 Å². The van der Waals surface area contributed by atoms with Gasteiger partial charge in [-0.3, -0.25) is 4.79 Å². The highest BCUT2D eigenvalue weighted by Crippen LogP contribution is 2.33. The van der Waals surface area contributed by atoms with E-state index in [1.807, 2.05) is 30.3 Å². The highest BCUT2D eigenvalue weighted by molar-refractivity contribution is 7.91. The van der Waals surface area contributed by atoms with Gasteiger partial charge < -0.3 is 14.8 Å². The first-order valence-corrected chi connectivity index (χ1v) is 13.1. The van der Waals surface area contributed by atoms with E-state index in [-0.39, 0.29) is 22.2 Å². The fourth-order valence-corrected chi connectivity index (χ4v) is 4.01. The summed E-state index contributed by atoms with van der Waals surface area (Å²) in [5, 5.41) is 2.46. The zero-order valence-corrected chi connectivity index (χ0v) is 20.8. The zero-order valence-electron chi connectivity index (χ0n) is 20.0. The average Bonchev–Trinajstić information content (AvgIpc) is 2.88. The van der Waals surface area contributed by atoms with Crippen LogP contribution in [-0.2, 0) is 22.5 Å². The number of hydrogen-bond donors (Lipinski definition) is 2. The Bertz CT molecular complexity index is 1540. The van der Waals surface area contributed by atoms with Crippen molar-refractivity contribution in [2.75, 3.05) is 11.6 Å². The lowest BCUT2D eigenvalue weighted by molar-refractivity contribution is -0.137. The normalized spacial score (nSPS) is 12.8. The van der Waals surface area contributed by atoms with Crippen LogP contribution in [0.4, 0.5) is 18.9 Å². The summed E-state index contributed by atoms with van der Waals surface area (Å²) in [6, 6.07) is 22.2. The van der Waals surface area contributed by atoms with Crippen LogP contribution in [0.25, 0.3) is 0 Å². The Labute approximate surface area is 217 Å². The highest BCUT2D eigenvalue weighted by atomic mass is 32.2. The lowest BCUT2D eigenvalue weighted by Crippen LogP contribution is -2.16. The summed E-state index contributed by atoms with van der Waals surface area (Å²) in [4.78, 5) is 16.9. The van der Waals surface area contributed by atoms with Crippen LogP contribution in [0.5, 0.6) is 17.4 Å². The molecule has 0 aliphatic heterocycles. The molecule has 0 saturated carbocycles. The molecule has 4 rings (SSSR count). The van der Waals surface area contributed by atoms with E-state index in [0.717, 1.165) is 5.56 Å². The SMILES string of the molecule is CS(=N)(=O)c1cccc(NC(=O)c2cc(C(F)(F)F)cnc2Oc2ccc(OCc3ccccc3)cc2)c1. The molecule has 0 fully saturated rings. The number of nitrogens with one attached hydrogen (secondary N) is 2. The van der Waals surface area contributed by atoms with Gasteiger partial charge in [0, 0.05) is 23.0 Å². The van der Waals surface area contributed by atoms with Gasteiger partial charge >= 0.3 is 6.18 Å². The molecule has 1 heterocycles. The van der Waals surface area contributed by atoms with Crippen LogP contribution >= 0.6 is 0 Å². The average molecular weight is 542 g/mol. The molecule has 7 nitrogen and oxygen atoms in total. The van der Waals surface area contributed by atoms with Crippen molar-refractivity contribution in [3.8, 4) is 17.4 Å². The third kappa shape index (κ3) is 6.88. The summed E-state index contributed by atoms with van der Waals surface area (Å²) in [7, 11) is -3.07. The van der Waals surface area contributed by atoms with Gasteiger partial charge in [-0.2, -0.15) is 13.2 Å². The van der Waals surface area contributed by atoms with Gasteiger partial charge in [-0.05, 0) is 54.1 Å². The molecule has 11 heteroatoms. The molecule has 1 aromatic heterocycles. The van der Waals surface area contributed by atoms with Gasteiger partial charge in [0.05, 0.1) is 15.3 Å². The minimum absolute atomic E-state index is 0.151. The van der Waals surface area contributed by atoms with Crippen molar-refractivity contribution in [2.24, 2.45) is 0 Å². The number of carbonyl (C=O) groups is 1. The van der Waals surface area contributed by atoms with Gasteiger partial charge in [-0.15, -0.1) is 0 Å². The van der Waals surface area contributed by atoms with E-state index < -0.39 is 32.9 Å². The molecule has 0 radical (unpaired) electrons. The smallest absolute Gasteiger partial charge is 0.417 e. The summed E-state index contributed by atoms with van der Waals surface area (Å²) in [6.45, 7) is 0.347. The van der Waals surface area contributed by atoms with E-state index in [2.05, 4.69) is 10.3 Å². The monoisotopic (exact) mass is 541 g/mol. The number of aromatic nitrogens is 1. The second-order valence-electron chi connectivity index (χ2n) is 8.25. The van der Waals surface area contributed by atoms with Gasteiger partial charge in [0.15, 0.2) is 0 Å². The molecular formula is C27H22F3N3O4S. The third-order valence-corrected chi connectivity index (χ3v) is 6.40. The van der Waals surface area contributed by atoms with Crippen molar-refractivity contribution in [3.05, 3.63) is 108 Å². The Morgan fingerprint density at radius 1 is 0.974 bits per heavy atom. The van der Waals surface area contributed by atoms with Crippen molar-refractivity contribution in [3.63, 3.8) is 0 Å². The number of anilines is 1. The van der Waals surface area contributed by atoms with Crippen LogP contribution in [0, 0.1) is 4.78 Å². The molecule has 196 valence electrons. The second kappa shape index (κ2) is 10.9. The molecule has 0 saturated heterocycles. The van der Waals surface area contributed by atoms with Crippen LogP contribution in [0.1, 0.15) is 21.5 Å². The Balaban J connectivity index is 1.56. The van der Waals surface area contributed by atoms with Crippen LogP contribution < -0.4 is 14.8 Å². The van der Waals surface area contributed by atoms with Crippen molar-refractivity contribution in [2.45, 2.75) is 17.7 Å². The predicted octanol–water partition coefficient (Wildman–Crippen LogP) is 6.76. The van der Waals surface area contributed by atoms with Crippen LogP contribution in [0.15, 0.2) is 96.0 Å². The first-order valence-electron chi connectivity index (χ1n) is 11.2. The number of pyridine rings is 1. The van der Waals surface area contributed by atoms with Crippen LogP contribution in [0.3, 0.4) is 0 Å². The second-order valence-corrected chi connectivity index (χ2v) is 10.4. The van der Waals surface area contributed by atoms with Gasteiger partial charge in [-0.25, -0.2) is 14.0 Å². The fraction of sp³-hybridized carbons (Fsp3) is 0.111. The molecule has 2 N–H and O–H groups in total. The quantitative estimate of drug-likeness (QED) is 0.257. The number of rotatable bonds is 8. The number of ether oxygens (including phenoxy) is 2. The molecule has 1 unspecified atom stereocenters. The lowest BCUT2D eigenvalue weighted by Gasteiger charge is -2.14. The van der Waals surface area contributed by atoms with E-state index in [1.54, 1.807) is 12.1 Å². The number of amides is 1. The van der Waals surface area contributed by atoms with Crippen molar-refractivity contribution in [1.29, 1.82) is 4.78 Å². The Hall–Kier alpha value is -4.38. The Kier molecular flexibility index (Phi) is 7.67. The first kappa shape index (κ1) is 26.7. The summed E-state index contributed by atoms with van der Waals surface area (Å²) in [6.07, 6.45) is -2.94. The first-order chi connectivity index (χ1) is 18.0. The van der Waals surface area contributed by atoms with E-state index >= 15 is 0 Å². The Morgan fingerprint density at radius 2 is 1.66 bits per heavy atom. The predicted molar refractivity (Wildman–Crippen MR) is 136 cm³/mol. The number of carbonyl (C=O) groups excluding carboxylic acids is 1. The van der Waals surface area contributed by atoms with Gasteiger partial charge in [0.25, 0.3) is 5.91 Å². The van der Waals surface area contributed by atoms with Gasteiger partial charge in [0.2, 0.25) is 5.88 Å². The van der Waals surface area contributed by atoms with E-state index in [1.165, 1.54) is 42.7 Å². The Morgan fingerprint density at radius 3 is 2.32 bits per heavy atom. The molecule has 1 atom stereocenters. The van der Waals surface area contributed by atoms with E-state index in [9.17, 15) is 22.2 Å². The lowest BCUT2D eigenvalue weighted by atomic mass is 10.1. The van der Waals surface area contributed by atoms with Gasteiger partial charge in [0.1, 0.15) is 23.7 Å². The molecule has 3 aromatic carbocycles. The summed E-state index contributed by atoms with van der Waals surface area (Å²) in [5.74, 6) is -0.503. The maximum absolute atomic E-state index is 13.4. The van der Waals surface area contributed by atoms with Crippen LogP contribution in [0.2, 0.25) is 0 Å². The number of hydrogen-bond acceptors (Lipinski definition) is 6. The zero-order chi connectivity index (χ0) is 27.3. The largest absolute Gasteiger partial charge is 0.489 e. The topological polar surface area (TPSA) is 101 Å². The summed E-state index contributed by atoms with van der Waals surface area (Å²) in [5.41, 5.74) is -0.460. The van der Waals surface area contributed by atoms with Crippen LogP contribution in [-0.4, -0.2) is 21.4 Å². The molecular weight excluding hydrogens is 519 g/mol. The number of alkyl halides is 3. The highest BCUT2D eigenvalue weighted by Gasteiger charge is 2.33. The maximum Gasteiger partial charge on any atom is 0.417 e. The number of benzene rings is 3. The van der Waals surface area contributed by atoms with Crippen molar-refractivity contribution < 1.29 is 31.6 Å². The van der Waals surface area contributed by atoms with E-state index in [0.29, 0.717) is 24.6 Å². The number of halogens is 3. The molecule has 38 heavy (non-hydrogen) atoms. The minimum atomic E-state index is -4.74. The van der Waals surface area contributed by atoms with E-state index in [4.69, 9.17) is 14.3 Å². The van der Waals surface area contributed by atoms with Gasteiger partial charge in [-0.1, -0.05) is 36.4 Å².